The molecule has 0 saturated heterocycles. The molecule has 1 saturated carbocycles. The van der Waals surface area contributed by atoms with Gasteiger partial charge in [-0.25, -0.2) is 9.97 Å². The fourth-order valence-corrected chi connectivity index (χ4v) is 3.47. The lowest BCUT2D eigenvalue weighted by Crippen LogP contribution is -2.19. The van der Waals surface area contributed by atoms with Crippen LogP contribution in [0.2, 0.25) is 5.02 Å². The van der Waals surface area contributed by atoms with Crippen molar-refractivity contribution >= 4 is 34.4 Å². The molecule has 2 aromatic rings. The first-order valence-electron chi connectivity index (χ1n) is 7.27. The number of fused-ring (bicyclic) bond motifs is 1. The fourth-order valence-electron chi connectivity index (χ4n) is 3.15. The van der Waals surface area contributed by atoms with E-state index < -0.39 is 0 Å². The Balaban J connectivity index is 2.04. The van der Waals surface area contributed by atoms with Crippen LogP contribution in [0.15, 0.2) is 12.3 Å². The van der Waals surface area contributed by atoms with E-state index in [9.17, 15) is 0 Å². The summed E-state index contributed by atoms with van der Waals surface area (Å²) in [5.41, 5.74) is 1.84. The van der Waals surface area contributed by atoms with Crippen LogP contribution in [0.1, 0.15) is 44.5 Å². The first kappa shape index (κ1) is 14.2. The first-order valence-corrected chi connectivity index (χ1v) is 8.18. The van der Waals surface area contributed by atoms with Crippen molar-refractivity contribution in [3.05, 3.63) is 23.1 Å². The standard InChI is InChI=1S/C15H19Cl2N3/c1-10-2-4-12(5-3-10)20-14(6-7-16)19-13-8-11(17)9-18-15(13)20/h8-10,12H,2-7H2,1H3. The molecule has 0 atom stereocenters. The summed E-state index contributed by atoms with van der Waals surface area (Å²) in [5.74, 6) is 2.46. The molecule has 3 nitrogen and oxygen atoms in total. The molecule has 1 fully saturated rings. The Bertz CT molecular complexity index is 600. The lowest BCUT2D eigenvalue weighted by molar-refractivity contribution is 0.289. The van der Waals surface area contributed by atoms with Crippen LogP contribution in [0, 0.1) is 5.92 Å². The highest BCUT2D eigenvalue weighted by molar-refractivity contribution is 6.31. The quantitative estimate of drug-likeness (QED) is 0.774. The summed E-state index contributed by atoms with van der Waals surface area (Å²) in [5, 5.41) is 0.636. The van der Waals surface area contributed by atoms with Gasteiger partial charge in [0.25, 0.3) is 0 Å². The number of alkyl halides is 1. The smallest absolute Gasteiger partial charge is 0.160 e. The Morgan fingerprint density at radius 2 is 2.05 bits per heavy atom. The second-order valence-corrected chi connectivity index (χ2v) is 6.56. The van der Waals surface area contributed by atoms with E-state index in [1.807, 2.05) is 6.07 Å². The van der Waals surface area contributed by atoms with Crippen LogP contribution in [0.4, 0.5) is 0 Å². The van der Waals surface area contributed by atoms with Gasteiger partial charge in [0.15, 0.2) is 5.65 Å². The molecule has 3 rings (SSSR count). The predicted molar refractivity (Wildman–Crippen MR) is 83.6 cm³/mol. The number of nitrogens with zero attached hydrogens (tertiary/aromatic N) is 3. The summed E-state index contributed by atoms with van der Waals surface area (Å²) in [6.45, 7) is 2.33. The van der Waals surface area contributed by atoms with Crippen LogP contribution in [0.3, 0.4) is 0 Å². The Hall–Kier alpha value is -0.800. The molecular formula is C15H19Cl2N3. The molecule has 0 N–H and O–H groups in total. The van der Waals surface area contributed by atoms with Gasteiger partial charge < -0.3 is 4.57 Å². The van der Waals surface area contributed by atoms with Gasteiger partial charge in [0.2, 0.25) is 0 Å². The normalized spacial score (nSPS) is 23.4. The van der Waals surface area contributed by atoms with Crippen molar-refractivity contribution in [1.82, 2.24) is 14.5 Å². The second kappa shape index (κ2) is 5.90. The van der Waals surface area contributed by atoms with Gasteiger partial charge in [0, 0.05) is 24.5 Å². The third-order valence-electron chi connectivity index (χ3n) is 4.24. The molecule has 0 aliphatic heterocycles. The van der Waals surface area contributed by atoms with Crippen molar-refractivity contribution in [2.24, 2.45) is 5.92 Å². The number of aryl methyl sites for hydroxylation is 1. The predicted octanol–water partition coefficient (Wildman–Crippen LogP) is 4.62. The molecular weight excluding hydrogens is 293 g/mol. The van der Waals surface area contributed by atoms with Crippen molar-refractivity contribution in [3.63, 3.8) is 0 Å². The zero-order valence-corrected chi connectivity index (χ0v) is 13.2. The lowest BCUT2D eigenvalue weighted by atomic mass is 9.87. The molecule has 0 unspecified atom stereocenters. The minimum Gasteiger partial charge on any atom is -0.310 e. The van der Waals surface area contributed by atoms with Crippen molar-refractivity contribution in [1.29, 1.82) is 0 Å². The average molecular weight is 312 g/mol. The van der Waals surface area contributed by atoms with E-state index in [0.717, 1.165) is 29.3 Å². The van der Waals surface area contributed by atoms with E-state index in [2.05, 4.69) is 21.5 Å². The van der Waals surface area contributed by atoms with Crippen LogP contribution in [-0.2, 0) is 6.42 Å². The molecule has 2 aromatic heterocycles. The number of halogens is 2. The molecule has 20 heavy (non-hydrogen) atoms. The number of pyridine rings is 1. The van der Waals surface area contributed by atoms with Crippen LogP contribution in [-0.4, -0.2) is 20.4 Å². The van der Waals surface area contributed by atoms with E-state index in [4.69, 9.17) is 23.2 Å². The Morgan fingerprint density at radius 1 is 1.30 bits per heavy atom. The Kier molecular flexibility index (Phi) is 4.18. The number of rotatable bonds is 3. The van der Waals surface area contributed by atoms with Crippen molar-refractivity contribution < 1.29 is 0 Å². The monoisotopic (exact) mass is 311 g/mol. The SMILES string of the molecule is CC1CCC(n2c(CCCl)nc3cc(Cl)cnc32)CC1. The van der Waals surface area contributed by atoms with E-state index >= 15 is 0 Å². The third kappa shape index (κ3) is 2.66. The topological polar surface area (TPSA) is 30.7 Å². The van der Waals surface area contributed by atoms with Crippen LogP contribution >= 0.6 is 23.2 Å². The molecule has 0 aromatic carbocycles. The summed E-state index contributed by atoms with van der Waals surface area (Å²) < 4.78 is 2.31. The highest BCUT2D eigenvalue weighted by Crippen LogP contribution is 2.35. The van der Waals surface area contributed by atoms with Crippen LogP contribution in [0.5, 0.6) is 0 Å². The third-order valence-corrected chi connectivity index (χ3v) is 4.63. The van der Waals surface area contributed by atoms with Gasteiger partial charge in [-0.2, -0.15) is 0 Å². The maximum atomic E-state index is 6.02. The van der Waals surface area contributed by atoms with Gasteiger partial charge in [-0.3, -0.25) is 0 Å². The molecule has 0 spiro atoms. The van der Waals surface area contributed by atoms with Gasteiger partial charge in [-0.05, 0) is 37.7 Å². The number of aromatic nitrogens is 3. The molecule has 108 valence electrons. The van der Waals surface area contributed by atoms with E-state index in [0.29, 0.717) is 16.9 Å². The maximum Gasteiger partial charge on any atom is 0.160 e. The zero-order chi connectivity index (χ0) is 14.1. The molecule has 2 heterocycles. The average Bonchev–Trinajstić information content (AvgIpc) is 2.77. The maximum absolute atomic E-state index is 6.02. The zero-order valence-electron chi connectivity index (χ0n) is 11.6. The summed E-state index contributed by atoms with van der Waals surface area (Å²) >= 11 is 12.0. The van der Waals surface area contributed by atoms with Crippen LogP contribution in [0.25, 0.3) is 11.2 Å². The van der Waals surface area contributed by atoms with E-state index in [1.54, 1.807) is 6.20 Å². The van der Waals surface area contributed by atoms with Crippen molar-refractivity contribution in [3.8, 4) is 0 Å². The molecule has 0 radical (unpaired) electrons. The van der Waals surface area contributed by atoms with Gasteiger partial charge in [0.05, 0.1) is 5.02 Å². The largest absolute Gasteiger partial charge is 0.310 e. The van der Waals surface area contributed by atoms with Gasteiger partial charge in [-0.15, -0.1) is 11.6 Å². The molecule has 1 aliphatic rings. The van der Waals surface area contributed by atoms with Gasteiger partial charge >= 0.3 is 0 Å². The summed E-state index contributed by atoms with van der Waals surface area (Å²) in [4.78, 5) is 9.19. The number of hydrogen-bond donors (Lipinski definition) is 0. The highest BCUT2D eigenvalue weighted by atomic mass is 35.5. The minimum absolute atomic E-state index is 0.503. The molecule has 0 bridgehead atoms. The second-order valence-electron chi connectivity index (χ2n) is 5.75. The summed E-state index contributed by atoms with van der Waals surface area (Å²) in [6.07, 6.45) is 7.44. The number of imidazole rings is 1. The van der Waals surface area contributed by atoms with E-state index in [-0.39, 0.29) is 0 Å². The Labute approximate surface area is 129 Å². The van der Waals surface area contributed by atoms with Gasteiger partial charge in [-0.1, -0.05) is 18.5 Å². The lowest BCUT2D eigenvalue weighted by Gasteiger charge is -2.28. The van der Waals surface area contributed by atoms with E-state index in [1.165, 1.54) is 25.7 Å². The molecule has 5 heteroatoms. The van der Waals surface area contributed by atoms with Gasteiger partial charge in [0.1, 0.15) is 11.3 Å². The Morgan fingerprint density at radius 3 is 2.75 bits per heavy atom. The molecule has 0 amide bonds. The van der Waals surface area contributed by atoms with Crippen molar-refractivity contribution in [2.75, 3.05) is 5.88 Å². The summed E-state index contributed by atoms with van der Waals surface area (Å²) in [7, 11) is 0. The van der Waals surface area contributed by atoms with Crippen molar-refractivity contribution in [2.45, 2.75) is 45.1 Å². The highest BCUT2D eigenvalue weighted by Gasteiger charge is 2.24. The molecule has 1 aliphatic carbocycles. The number of hydrogen-bond acceptors (Lipinski definition) is 2. The fraction of sp³-hybridized carbons (Fsp3) is 0.600. The summed E-state index contributed by atoms with van der Waals surface area (Å²) in [6, 6.07) is 2.40. The minimum atomic E-state index is 0.503. The first-order chi connectivity index (χ1) is 9.69. The van der Waals surface area contributed by atoms with Crippen LogP contribution < -0.4 is 0 Å².